The van der Waals surface area contributed by atoms with Gasteiger partial charge in [0.05, 0.1) is 0 Å². The lowest BCUT2D eigenvalue weighted by atomic mass is 9.98. The van der Waals surface area contributed by atoms with E-state index in [1.807, 2.05) is 60.7 Å². The molecule has 1 aromatic heterocycles. The number of benzene rings is 3. The first kappa shape index (κ1) is 19.9. The number of carboxylic acids is 1. The molecule has 3 nitrogen and oxygen atoms in total. The average Bonchev–Trinajstić information content (AvgIpc) is 3.27. The first-order valence-corrected chi connectivity index (χ1v) is 10.7. The smallest absolute Gasteiger partial charge is 0.128 e. The van der Waals surface area contributed by atoms with E-state index in [2.05, 4.69) is 29.6 Å². The van der Waals surface area contributed by atoms with Crippen LogP contribution in [0.4, 0.5) is 0 Å². The Balaban J connectivity index is 1.59. The molecule has 4 heteroatoms. The van der Waals surface area contributed by atoms with Crippen LogP contribution in [-0.4, -0.2) is 5.97 Å². The molecule has 30 heavy (non-hydrogen) atoms. The lowest BCUT2D eigenvalue weighted by Crippen LogP contribution is -2.22. The molecule has 0 saturated carbocycles. The van der Waals surface area contributed by atoms with E-state index in [1.165, 1.54) is 0 Å². The van der Waals surface area contributed by atoms with Gasteiger partial charge in [0, 0.05) is 16.4 Å². The van der Waals surface area contributed by atoms with E-state index >= 15 is 0 Å². The van der Waals surface area contributed by atoms with Crippen LogP contribution in [0.5, 0.6) is 5.75 Å². The molecule has 0 amide bonds. The van der Waals surface area contributed by atoms with E-state index in [1.54, 1.807) is 11.3 Å². The summed E-state index contributed by atoms with van der Waals surface area (Å²) in [7, 11) is 0. The largest absolute Gasteiger partial charge is 0.550 e. The van der Waals surface area contributed by atoms with Crippen molar-refractivity contribution < 1.29 is 14.6 Å². The van der Waals surface area contributed by atoms with Gasteiger partial charge in [0.15, 0.2) is 0 Å². The molecular weight excluding hydrogens is 392 g/mol. The van der Waals surface area contributed by atoms with Crippen LogP contribution >= 0.6 is 11.3 Å². The van der Waals surface area contributed by atoms with Gasteiger partial charge in [-0.2, -0.15) is 0 Å². The molecule has 0 aliphatic rings. The standard InChI is InChI=1S/C26H22O3S/c27-26(28)15-14-20-10-4-5-11-22(20)21-16-25(30-18-21)23-12-6-7-13-24(23)29-17-19-8-2-1-3-9-19/h1-13,16,18H,14-15,17H2,(H,27,28)/p-1. The van der Waals surface area contributed by atoms with Crippen molar-refractivity contribution in [2.75, 3.05) is 0 Å². The molecule has 0 fully saturated rings. The Morgan fingerprint density at radius 3 is 2.37 bits per heavy atom. The Morgan fingerprint density at radius 2 is 1.57 bits per heavy atom. The molecule has 0 aliphatic carbocycles. The van der Waals surface area contributed by atoms with Crippen molar-refractivity contribution in [1.82, 2.24) is 0 Å². The molecule has 0 atom stereocenters. The maximum absolute atomic E-state index is 10.9. The van der Waals surface area contributed by atoms with E-state index in [4.69, 9.17) is 4.74 Å². The number of ether oxygens (including phenoxy) is 1. The highest BCUT2D eigenvalue weighted by Crippen LogP contribution is 2.38. The van der Waals surface area contributed by atoms with Crippen molar-refractivity contribution in [1.29, 1.82) is 0 Å². The van der Waals surface area contributed by atoms with Crippen LogP contribution in [0.25, 0.3) is 21.6 Å². The van der Waals surface area contributed by atoms with E-state index < -0.39 is 5.97 Å². The second-order valence-corrected chi connectivity index (χ2v) is 7.91. The number of carbonyl (C=O) groups is 1. The number of carboxylic acid groups (broad SMARTS) is 1. The van der Waals surface area contributed by atoms with Crippen molar-refractivity contribution in [3.63, 3.8) is 0 Å². The summed E-state index contributed by atoms with van der Waals surface area (Å²) in [5.74, 6) is -0.180. The number of hydrogen-bond donors (Lipinski definition) is 0. The number of rotatable bonds is 8. The minimum Gasteiger partial charge on any atom is -0.550 e. The number of thiophene rings is 1. The number of hydrogen-bond acceptors (Lipinski definition) is 4. The number of aryl methyl sites for hydroxylation is 1. The molecule has 0 N–H and O–H groups in total. The zero-order valence-corrected chi connectivity index (χ0v) is 17.2. The van der Waals surface area contributed by atoms with Crippen LogP contribution in [-0.2, 0) is 17.8 Å². The van der Waals surface area contributed by atoms with Crippen LogP contribution in [0.3, 0.4) is 0 Å². The highest BCUT2D eigenvalue weighted by Gasteiger charge is 2.12. The molecule has 0 unspecified atom stereocenters. The fourth-order valence-corrected chi connectivity index (χ4v) is 4.35. The third kappa shape index (κ3) is 4.78. The van der Waals surface area contributed by atoms with Crippen LogP contribution < -0.4 is 9.84 Å². The quantitative estimate of drug-likeness (QED) is 0.392. The maximum Gasteiger partial charge on any atom is 0.128 e. The normalized spacial score (nSPS) is 10.7. The van der Waals surface area contributed by atoms with Crippen molar-refractivity contribution in [2.45, 2.75) is 19.4 Å². The molecule has 150 valence electrons. The summed E-state index contributed by atoms with van der Waals surface area (Å²) >= 11 is 1.66. The molecule has 4 aromatic rings. The van der Waals surface area contributed by atoms with Gasteiger partial charge in [-0.3, -0.25) is 0 Å². The van der Waals surface area contributed by atoms with Gasteiger partial charge < -0.3 is 14.6 Å². The second-order valence-electron chi connectivity index (χ2n) is 7.00. The van der Waals surface area contributed by atoms with Crippen LogP contribution in [0.15, 0.2) is 90.3 Å². The van der Waals surface area contributed by atoms with Gasteiger partial charge in [0.1, 0.15) is 12.4 Å². The Bertz CT molecular complexity index is 1130. The lowest BCUT2D eigenvalue weighted by Gasteiger charge is -2.11. The third-order valence-corrected chi connectivity index (χ3v) is 5.88. The molecule has 0 aliphatic heterocycles. The fourth-order valence-electron chi connectivity index (χ4n) is 3.41. The van der Waals surface area contributed by atoms with E-state index in [0.29, 0.717) is 13.0 Å². The predicted molar refractivity (Wildman–Crippen MR) is 119 cm³/mol. The van der Waals surface area contributed by atoms with Crippen LogP contribution in [0.2, 0.25) is 0 Å². The summed E-state index contributed by atoms with van der Waals surface area (Å²) in [6, 6.07) is 28.2. The first-order chi connectivity index (χ1) is 14.7. The van der Waals surface area contributed by atoms with Gasteiger partial charge in [-0.25, -0.2) is 0 Å². The van der Waals surface area contributed by atoms with Crippen molar-refractivity contribution in [2.24, 2.45) is 0 Å². The van der Waals surface area contributed by atoms with Gasteiger partial charge in [0.25, 0.3) is 0 Å². The van der Waals surface area contributed by atoms with Gasteiger partial charge in [0.2, 0.25) is 0 Å². The first-order valence-electron chi connectivity index (χ1n) is 9.83. The zero-order valence-electron chi connectivity index (χ0n) is 16.4. The van der Waals surface area contributed by atoms with Gasteiger partial charge in [-0.1, -0.05) is 66.7 Å². The fraction of sp³-hybridized carbons (Fsp3) is 0.115. The maximum atomic E-state index is 10.9. The number of carbonyl (C=O) groups excluding carboxylic acids is 1. The summed E-state index contributed by atoms with van der Waals surface area (Å²) in [6.07, 6.45) is 0.477. The topological polar surface area (TPSA) is 49.4 Å². The molecule has 0 bridgehead atoms. The van der Waals surface area contributed by atoms with E-state index in [0.717, 1.165) is 38.4 Å². The molecule has 4 rings (SSSR count). The third-order valence-electron chi connectivity index (χ3n) is 4.92. The van der Waals surface area contributed by atoms with Crippen molar-refractivity contribution >= 4 is 17.3 Å². The summed E-state index contributed by atoms with van der Waals surface area (Å²) in [5, 5.41) is 13.0. The molecule has 3 aromatic carbocycles. The highest BCUT2D eigenvalue weighted by molar-refractivity contribution is 7.14. The van der Waals surface area contributed by atoms with Crippen molar-refractivity contribution in [3.8, 4) is 27.3 Å². The average molecular weight is 414 g/mol. The number of para-hydroxylation sites is 1. The summed E-state index contributed by atoms with van der Waals surface area (Å²) in [4.78, 5) is 12.0. The highest BCUT2D eigenvalue weighted by atomic mass is 32.1. The number of aliphatic carboxylic acids is 1. The summed E-state index contributed by atoms with van der Waals surface area (Å²) in [6.45, 7) is 0.516. The minimum atomic E-state index is -1.03. The summed E-state index contributed by atoms with van der Waals surface area (Å²) in [5.41, 5.74) is 5.34. The Morgan fingerprint density at radius 1 is 0.867 bits per heavy atom. The van der Waals surface area contributed by atoms with Crippen molar-refractivity contribution in [3.05, 3.63) is 101 Å². The van der Waals surface area contributed by atoms with E-state index in [9.17, 15) is 9.90 Å². The second kappa shape index (κ2) is 9.42. The molecule has 0 spiro atoms. The predicted octanol–water partition coefficient (Wildman–Crippen LogP) is 5.34. The SMILES string of the molecule is O=C([O-])CCc1ccccc1-c1csc(-c2ccccc2OCc2ccccc2)c1. The molecule has 0 saturated heterocycles. The minimum absolute atomic E-state index is 0.0180. The van der Waals surface area contributed by atoms with Gasteiger partial charge >= 0.3 is 0 Å². The Labute approximate surface area is 180 Å². The van der Waals surface area contributed by atoms with E-state index in [-0.39, 0.29) is 6.42 Å². The van der Waals surface area contributed by atoms with Gasteiger partial charge in [-0.05, 0) is 58.7 Å². The zero-order chi connectivity index (χ0) is 20.8. The van der Waals surface area contributed by atoms with Gasteiger partial charge in [-0.15, -0.1) is 11.3 Å². The molecule has 1 heterocycles. The summed E-state index contributed by atoms with van der Waals surface area (Å²) < 4.78 is 6.12. The van der Waals surface area contributed by atoms with Crippen LogP contribution in [0, 0.1) is 0 Å². The Hall–Kier alpha value is -3.37. The molecule has 0 radical (unpaired) electrons. The monoisotopic (exact) mass is 413 g/mol. The Kier molecular flexibility index (Phi) is 6.26. The lowest BCUT2D eigenvalue weighted by molar-refractivity contribution is -0.305. The molecular formula is C26H21O3S-. The van der Waals surface area contributed by atoms with Crippen LogP contribution in [0.1, 0.15) is 17.5 Å².